The molecule has 2 heterocycles. The van der Waals surface area contributed by atoms with Crippen LogP contribution in [0.3, 0.4) is 0 Å². The number of hydrogen-bond acceptors (Lipinski definition) is 3. The molecule has 18 heavy (non-hydrogen) atoms. The number of pyridine rings is 1. The smallest absolute Gasteiger partial charge is 0.108 e. The number of nitrogen functional groups attached to an aromatic ring is 1. The minimum atomic E-state index is 0.742. The Morgan fingerprint density at radius 2 is 2.06 bits per heavy atom. The van der Waals surface area contributed by atoms with Gasteiger partial charge in [0.25, 0.3) is 0 Å². The van der Waals surface area contributed by atoms with E-state index in [2.05, 4.69) is 21.5 Å². The minimum absolute atomic E-state index is 0.742. The SMILES string of the molecule is CCCc1nccn1Cc1ncc(C)c(N)c1C. The molecule has 0 aromatic carbocycles. The van der Waals surface area contributed by atoms with Crippen molar-refractivity contribution < 1.29 is 0 Å². The molecule has 0 aliphatic carbocycles. The lowest BCUT2D eigenvalue weighted by Gasteiger charge is -2.12. The van der Waals surface area contributed by atoms with E-state index in [4.69, 9.17) is 5.73 Å². The highest BCUT2D eigenvalue weighted by molar-refractivity contribution is 5.53. The van der Waals surface area contributed by atoms with Crippen LogP contribution < -0.4 is 5.73 Å². The van der Waals surface area contributed by atoms with Crippen LogP contribution in [0.5, 0.6) is 0 Å². The molecule has 4 heteroatoms. The van der Waals surface area contributed by atoms with Gasteiger partial charge >= 0.3 is 0 Å². The van der Waals surface area contributed by atoms with Gasteiger partial charge in [-0.1, -0.05) is 6.92 Å². The average molecular weight is 244 g/mol. The molecule has 96 valence electrons. The van der Waals surface area contributed by atoms with Crippen LogP contribution in [0.25, 0.3) is 0 Å². The molecule has 0 amide bonds. The quantitative estimate of drug-likeness (QED) is 0.899. The first kappa shape index (κ1) is 12.6. The zero-order chi connectivity index (χ0) is 13.1. The van der Waals surface area contributed by atoms with Crippen molar-refractivity contribution in [1.82, 2.24) is 14.5 Å². The topological polar surface area (TPSA) is 56.7 Å². The summed E-state index contributed by atoms with van der Waals surface area (Å²) in [6.07, 6.45) is 7.78. The minimum Gasteiger partial charge on any atom is -0.398 e. The fourth-order valence-electron chi connectivity index (χ4n) is 2.05. The van der Waals surface area contributed by atoms with Crippen LogP contribution in [-0.4, -0.2) is 14.5 Å². The van der Waals surface area contributed by atoms with Crippen molar-refractivity contribution in [2.24, 2.45) is 0 Å². The van der Waals surface area contributed by atoms with Crippen LogP contribution in [0.2, 0.25) is 0 Å². The summed E-state index contributed by atoms with van der Waals surface area (Å²) in [7, 11) is 0. The second-order valence-electron chi connectivity index (χ2n) is 4.65. The molecule has 2 N–H and O–H groups in total. The van der Waals surface area contributed by atoms with Crippen molar-refractivity contribution in [3.63, 3.8) is 0 Å². The van der Waals surface area contributed by atoms with Gasteiger partial charge in [-0.05, 0) is 31.4 Å². The molecule has 2 aromatic heterocycles. The number of anilines is 1. The Bertz CT molecular complexity index is 543. The van der Waals surface area contributed by atoms with Gasteiger partial charge in [-0.25, -0.2) is 4.98 Å². The second kappa shape index (κ2) is 5.21. The highest BCUT2D eigenvalue weighted by Gasteiger charge is 2.09. The lowest BCUT2D eigenvalue weighted by atomic mass is 10.1. The van der Waals surface area contributed by atoms with Gasteiger partial charge in [0.15, 0.2) is 0 Å². The lowest BCUT2D eigenvalue weighted by molar-refractivity contribution is 0.690. The number of rotatable bonds is 4. The van der Waals surface area contributed by atoms with Gasteiger partial charge < -0.3 is 10.3 Å². The Morgan fingerprint density at radius 1 is 1.28 bits per heavy atom. The third kappa shape index (κ3) is 2.37. The van der Waals surface area contributed by atoms with Gasteiger partial charge in [-0.2, -0.15) is 0 Å². The summed E-state index contributed by atoms with van der Waals surface area (Å²) in [5.74, 6) is 1.11. The van der Waals surface area contributed by atoms with E-state index in [1.165, 1.54) is 0 Å². The van der Waals surface area contributed by atoms with E-state index in [1.807, 2.05) is 32.4 Å². The van der Waals surface area contributed by atoms with Gasteiger partial charge in [0.1, 0.15) is 5.82 Å². The highest BCUT2D eigenvalue weighted by Crippen LogP contribution is 2.19. The fourth-order valence-corrected chi connectivity index (χ4v) is 2.05. The zero-order valence-electron chi connectivity index (χ0n) is 11.3. The fraction of sp³-hybridized carbons (Fsp3) is 0.429. The first-order valence-corrected chi connectivity index (χ1v) is 6.34. The number of aromatic nitrogens is 3. The summed E-state index contributed by atoms with van der Waals surface area (Å²) >= 11 is 0. The third-order valence-corrected chi connectivity index (χ3v) is 3.27. The second-order valence-corrected chi connectivity index (χ2v) is 4.65. The van der Waals surface area contributed by atoms with E-state index in [0.717, 1.165) is 47.7 Å². The molecule has 0 spiro atoms. The molecule has 0 aliphatic heterocycles. The Morgan fingerprint density at radius 3 is 2.78 bits per heavy atom. The van der Waals surface area contributed by atoms with E-state index < -0.39 is 0 Å². The Hall–Kier alpha value is -1.84. The average Bonchev–Trinajstić information content (AvgIpc) is 2.78. The van der Waals surface area contributed by atoms with E-state index >= 15 is 0 Å². The number of hydrogen-bond donors (Lipinski definition) is 1. The number of nitrogens with two attached hydrogens (primary N) is 1. The van der Waals surface area contributed by atoms with Crippen LogP contribution in [0.4, 0.5) is 5.69 Å². The van der Waals surface area contributed by atoms with Gasteiger partial charge in [-0.15, -0.1) is 0 Å². The first-order valence-electron chi connectivity index (χ1n) is 6.34. The van der Waals surface area contributed by atoms with Crippen molar-refractivity contribution in [2.75, 3.05) is 5.73 Å². The summed E-state index contributed by atoms with van der Waals surface area (Å²) in [6, 6.07) is 0. The number of aryl methyl sites for hydroxylation is 2. The van der Waals surface area contributed by atoms with Gasteiger partial charge in [0, 0.05) is 30.7 Å². The molecule has 4 nitrogen and oxygen atoms in total. The molecule has 0 saturated carbocycles. The number of nitrogens with zero attached hydrogens (tertiary/aromatic N) is 3. The molecule has 0 bridgehead atoms. The predicted molar refractivity (Wildman–Crippen MR) is 73.4 cm³/mol. The van der Waals surface area contributed by atoms with Crippen LogP contribution >= 0.6 is 0 Å². The Kier molecular flexibility index (Phi) is 3.65. The molecular formula is C14H20N4. The van der Waals surface area contributed by atoms with Crippen LogP contribution in [0.1, 0.15) is 36.0 Å². The summed E-state index contributed by atoms with van der Waals surface area (Å²) in [5, 5.41) is 0. The largest absolute Gasteiger partial charge is 0.398 e. The van der Waals surface area contributed by atoms with Crippen LogP contribution in [0.15, 0.2) is 18.6 Å². The molecule has 2 rings (SSSR count). The van der Waals surface area contributed by atoms with Gasteiger partial charge in [0.2, 0.25) is 0 Å². The Balaban J connectivity index is 2.29. The zero-order valence-corrected chi connectivity index (χ0v) is 11.3. The molecular weight excluding hydrogens is 224 g/mol. The van der Waals surface area contributed by atoms with E-state index in [9.17, 15) is 0 Å². The molecule has 0 unspecified atom stereocenters. The molecule has 0 fully saturated rings. The molecule has 0 radical (unpaired) electrons. The highest BCUT2D eigenvalue weighted by atomic mass is 15.1. The molecule has 2 aromatic rings. The summed E-state index contributed by atoms with van der Waals surface area (Å²) < 4.78 is 2.15. The maximum atomic E-state index is 6.04. The molecule has 0 aliphatic rings. The van der Waals surface area contributed by atoms with Gasteiger partial charge in [0.05, 0.1) is 12.2 Å². The maximum absolute atomic E-state index is 6.04. The lowest BCUT2D eigenvalue weighted by Crippen LogP contribution is -2.09. The summed E-state index contributed by atoms with van der Waals surface area (Å²) in [6.45, 7) is 6.91. The van der Waals surface area contributed by atoms with Crippen molar-refractivity contribution in [1.29, 1.82) is 0 Å². The van der Waals surface area contributed by atoms with Gasteiger partial charge in [-0.3, -0.25) is 4.98 Å². The standard InChI is InChI=1S/C14H20N4/c1-4-5-13-16-6-7-18(13)9-12-11(3)14(15)10(2)8-17-12/h6-8H,4-5,9H2,1-3H3,(H2,15,17). The summed E-state index contributed by atoms with van der Waals surface area (Å²) in [4.78, 5) is 8.86. The predicted octanol–water partition coefficient (Wildman–Crippen LogP) is 2.48. The van der Waals surface area contributed by atoms with Crippen LogP contribution in [0, 0.1) is 13.8 Å². The van der Waals surface area contributed by atoms with E-state index in [0.29, 0.717) is 0 Å². The van der Waals surface area contributed by atoms with Crippen LogP contribution in [-0.2, 0) is 13.0 Å². The van der Waals surface area contributed by atoms with Crippen molar-refractivity contribution in [3.05, 3.63) is 41.2 Å². The van der Waals surface area contributed by atoms with E-state index in [-0.39, 0.29) is 0 Å². The maximum Gasteiger partial charge on any atom is 0.108 e. The summed E-state index contributed by atoms with van der Waals surface area (Å²) in [5.41, 5.74) is 10.0. The molecule has 0 atom stereocenters. The van der Waals surface area contributed by atoms with Crippen molar-refractivity contribution in [2.45, 2.75) is 40.2 Å². The van der Waals surface area contributed by atoms with Crippen molar-refractivity contribution in [3.8, 4) is 0 Å². The Labute approximate surface area is 108 Å². The number of imidazole rings is 1. The third-order valence-electron chi connectivity index (χ3n) is 3.27. The van der Waals surface area contributed by atoms with E-state index in [1.54, 1.807) is 0 Å². The van der Waals surface area contributed by atoms with Crippen molar-refractivity contribution >= 4 is 5.69 Å². The normalized spacial score (nSPS) is 10.8. The first-order chi connectivity index (χ1) is 8.63. The monoisotopic (exact) mass is 244 g/mol. The molecule has 0 saturated heterocycles.